The summed E-state index contributed by atoms with van der Waals surface area (Å²) >= 11 is 0. The van der Waals surface area contributed by atoms with Crippen LogP contribution in [0.4, 0.5) is 0 Å². The molecule has 0 aromatic carbocycles. The monoisotopic (exact) mass is 903 g/mol. The molecule has 6 heteroatoms. The SMILES string of the molecule is CC/C=C\C/C=C\C/C=C\C/C=C\C/C=C\C/C=C\CCC(=O)OCC(COC(=O)CCCCC/C=C\CCCCCCCC)OC(=O)CCCCCCCCC/C=C\CCCCCC. The average Bonchev–Trinajstić information content (AvgIpc) is 3.30. The van der Waals surface area contributed by atoms with Crippen molar-refractivity contribution in [3.63, 3.8) is 0 Å². The highest BCUT2D eigenvalue weighted by Crippen LogP contribution is 2.13. The molecule has 6 nitrogen and oxygen atoms in total. The van der Waals surface area contributed by atoms with Crippen molar-refractivity contribution >= 4 is 17.9 Å². The molecular weight excluding hydrogens is 805 g/mol. The topological polar surface area (TPSA) is 78.9 Å². The zero-order chi connectivity index (χ0) is 47.2. The van der Waals surface area contributed by atoms with E-state index in [1.807, 2.05) is 6.08 Å². The first-order chi connectivity index (χ1) is 32.0. The fourth-order valence-corrected chi connectivity index (χ4v) is 7.04. The Balaban J connectivity index is 4.52. The summed E-state index contributed by atoms with van der Waals surface area (Å²) in [5, 5.41) is 0. The maximum absolute atomic E-state index is 12.8. The fraction of sp³-hybridized carbons (Fsp3) is 0.678. The van der Waals surface area contributed by atoms with Gasteiger partial charge in [-0.15, -0.1) is 0 Å². The van der Waals surface area contributed by atoms with E-state index < -0.39 is 6.10 Å². The predicted octanol–water partition coefficient (Wildman–Crippen LogP) is 17.8. The van der Waals surface area contributed by atoms with Gasteiger partial charge in [0.1, 0.15) is 13.2 Å². The highest BCUT2D eigenvalue weighted by atomic mass is 16.6. The van der Waals surface area contributed by atoms with E-state index in [0.29, 0.717) is 19.3 Å². The molecule has 0 radical (unpaired) electrons. The first-order valence-electron chi connectivity index (χ1n) is 26.7. The Labute approximate surface area is 400 Å². The molecule has 0 rings (SSSR count). The molecule has 0 saturated heterocycles. The van der Waals surface area contributed by atoms with E-state index in [2.05, 4.69) is 112 Å². The molecule has 0 N–H and O–H groups in total. The largest absolute Gasteiger partial charge is 0.462 e. The van der Waals surface area contributed by atoms with Gasteiger partial charge in [0, 0.05) is 19.3 Å². The van der Waals surface area contributed by atoms with Gasteiger partial charge < -0.3 is 14.2 Å². The minimum Gasteiger partial charge on any atom is -0.462 e. The van der Waals surface area contributed by atoms with Crippen molar-refractivity contribution in [2.75, 3.05) is 13.2 Å². The summed E-state index contributed by atoms with van der Waals surface area (Å²) in [7, 11) is 0. The summed E-state index contributed by atoms with van der Waals surface area (Å²) in [6, 6.07) is 0. The summed E-state index contributed by atoms with van der Waals surface area (Å²) in [6.45, 7) is 6.42. The van der Waals surface area contributed by atoms with Crippen LogP contribution in [0.3, 0.4) is 0 Å². The van der Waals surface area contributed by atoms with Gasteiger partial charge >= 0.3 is 17.9 Å². The standard InChI is InChI=1S/C59H98O6/c1-4-7-10-13-16-19-22-25-27-28-29-30-32-34-37-40-43-46-49-52-58(61)64-55-56(54-63-57(60)51-48-45-42-39-36-33-24-21-18-15-12-9-6-3)65-59(62)53-50-47-44-41-38-35-31-26-23-20-17-14-11-8-5-2/h7,10,16,19-20,23,25,27,29-30,33-34,36-37,43,46,56H,4-6,8-9,11-15,17-18,21-22,24,26,28,31-32,35,38-42,44-45,47-55H2,1-3H3/b10-7-,19-16-,23-20-,27-25-,30-29-,36-33-,37-34-,46-43-. The molecule has 1 unspecified atom stereocenters. The number of hydrogen-bond acceptors (Lipinski definition) is 6. The smallest absolute Gasteiger partial charge is 0.306 e. The Hall–Kier alpha value is -3.67. The number of esters is 3. The van der Waals surface area contributed by atoms with Crippen LogP contribution < -0.4 is 0 Å². The van der Waals surface area contributed by atoms with E-state index in [9.17, 15) is 14.4 Å². The minimum absolute atomic E-state index is 0.111. The van der Waals surface area contributed by atoms with Crippen LogP contribution in [-0.4, -0.2) is 37.2 Å². The maximum Gasteiger partial charge on any atom is 0.306 e. The van der Waals surface area contributed by atoms with Crippen LogP contribution in [-0.2, 0) is 28.6 Å². The summed E-state index contributed by atoms with van der Waals surface area (Å²) < 4.78 is 16.7. The Morgan fingerprint density at radius 2 is 0.631 bits per heavy atom. The summed E-state index contributed by atoms with van der Waals surface area (Å²) in [5.74, 6) is -1.02. The molecule has 0 aliphatic heterocycles. The Morgan fingerprint density at radius 1 is 0.323 bits per heavy atom. The number of unbranched alkanes of at least 4 members (excludes halogenated alkanes) is 20. The molecule has 0 saturated carbocycles. The van der Waals surface area contributed by atoms with Gasteiger partial charge in [0.2, 0.25) is 0 Å². The van der Waals surface area contributed by atoms with Gasteiger partial charge in [0.15, 0.2) is 6.10 Å². The number of rotatable bonds is 47. The lowest BCUT2D eigenvalue weighted by atomic mass is 10.1. The third-order valence-corrected chi connectivity index (χ3v) is 11.1. The summed E-state index contributed by atoms with van der Waals surface area (Å²) in [6.07, 6.45) is 69.7. The number of carbonyl (C=O) groups is 3. The van der Waals surface area contributed by atoms with Crippen molar-refractivity contribution in [2.45, 2.75) is 245 Å². The van der Waals surface area contributed by atoms with E-state index in [1.54, 1.807) is 0 Å². The van der Waals surface area contributed by atoms with Crippen molar-refractivity contribution in [1.82, 2.24) is 0 Å². The van der Waals surface area contributed by atoms with Gasteiger partial charge in [0.25, 0.3) is 0 Å². The lowest BCUT2D eigenvalue weighted by Gasteiger charge is -2.18. The zero-order valence-corrected chi connectivity index (χ0v) is 42.2. The Morgan fingerprint density at radius 3 is 1.06 bits per heavy atom. The van der Waals surface area contributed by atoms with Crippen LogP contribution in [0.1, 0.15) is 239 Å². The zero-order valence-electron chi connectivity index (χ0n) is 42.2. The Bertz CT molecular complexity index is 1310. The number of carbonyl (C=O) groups excluding carboxylic acids is 3. The normalized spacial score (nSPS) is 12.8. The van der Waals surface area contributed by atoms with Gasteiger partial charge in [-0.3, -0.25) is 14.4 Å². The number of hydrogen-bond donors (Lipinski definition) is 0. The molecule has 0 aliphatic rings. The highest BCUT2D eigenvalue weighted by Gasteiger charge is 2.19. The Kier molecular flexibility index (Phi) is 50.0. The van der Waals surface area contributed by atoms with E-state index in [4.69, 9.17) is 14.2 Å². The van der Waals surface area contributed by atoms with Gasteiger partial charge in [-0.1, -0.05) is 208 Å². The first-order valence-corrected chi connectivity index (χ1v) is 26.7. The highest BCUT2D eigenvalue weighted by molar-refractivity contribution is 5.71. The van der Waals surface area contributed by atoms with Crippen molar-refractivity contribution in [3.05, 3.63) is 97.2 Å². The number of allylic oxidation sites excluding steroid dienone is 16. The van der Waals surface area contributed by atoms with E-state index in [1.165, 1.54) is 103 Å². The van der Waals surface area contributed by atoms with Crippen molar-refractivity contribution < 1.29 is 28.6 Å². The quantitative estimate of drug-likeness (QED) is 0.0262. The van der Waals surface area contributed by atoms with Gasteiger partial charge in [-0.2, -0.15) is 0 Å². The molecule has 0 aromatic heterocycles. The molecule has 0 amide bonds. The van der Waals surface area contributed by atoms with E-state index >= 15 is 0 Å². The summed E-state index contributed by atoms with van der Waals surface area (Å²) in [5.41, 5.74) is 0. The summed E-state index contributed by atoms with van der Waals surface area (Å²) in [4.78, 5) is 38.0. The fourth-order valence-electron chi connectivity index (χ4n) is 7.04. The second-order valence-electron chi connectivity index (χ2n) is 17.4. The average molecular weight is 903 g/mol. The molecule has 65 heavy (non-hydrogen) atoms. The third-order valence-electron chi connectivity index (χ3n) is 11.1. The molecule has 0 spiro atoms. The first kappa shape index (κ1) is 61.3. The third kappa shape index (κ3) is 51.2. The molecule has 1 atom stereocenters. The van der Waals surface area contributed by atoms with E-state index in [-0.39, 0.29) is 37.5 Å². The van der Waals surface area contributed by atoms with Crippen LogP contribution in [0.5, 0.6) is 0 Å². The molecule has 370 valence electrons. The van der Waals surface area contributed by atoms with Crippen molar-refractivity contribution in [1.29, 1.82) is 0 Å². The second-order valence-corrected chi connectivity index (χ2v) is 17.4. The van der Waals surface area contributed by atoms with Crippen LogP contribution >= 0.6 is 0 Å². The van der Waals surface area contributed by atoms with Crippen LogP contribution in [0.25, 0.3) is 0 Å². The van der Waals surface area contributed by atoms with Crippen LogP contribution in [0.2, 0.25) is 0 Å². The van der Waals surface area contributed by atoms with Crippen LogP contribution in [0.15, 0.2) is 97.2 Å². The van der Waals surface area contributed by atoms with Crippen LogP contribution in [0, 0.1) is 0 Å². The van der Waals surface area contributed by atoms with E-state index in [0.717, 1.165) is 89.9 Å². The van der Waals surface area contributed by atoms with Crippen molar-refractivity contribution in [2.24, 2.45) is 0 Å². The maximum atomic E-state index is 12.8. The molecular formula is C59H98O6. The predicted molar refractivity (Wildman–Crippen MR) is 279 cm³/mol. The van der Waals surface area contributed by atoms with Gasteiger partial charge in [-0.05, 0) is 109 Å². The van der Waals surface area contributed by atoms with Gasteiger partial charge in [-0.25, -0.2) is 0 Å². The molecule has 0 fully saturated rings. The lowest BCUT2D eigenvalue weighted by Crippen LogP contribution is -2.30. The number of ether oxygens (including phenoxy) is 3. The molecule has 0 bridgehead atoms. The lowest BCUT2D eigenvalue weighted by molar-refractivity contribution is -0.166. The molecule has 0 heterocycles. The minimum atomic E-state index is -0.816. The molecule has 0 aromatic rings. The molecule has 0 aliphatic carbocycles. The van der Waals surface area contributed by atoms with Crippen molar-refractivity contribution in [3.8, 4) is 0 Å². The van der Waals surface area contributed by atoms with Gasteiger partial charge in [0.05, 0.1) is 0 Å². The second kappa shape index (κ2) is 52.9.